The summed E-state index contributed by atoms with van der Waals surface area (Å²) in [5.74, 6) is 0.854. The summed E-state index contributed by atoms with van der Waals surface area (Å²) >= 11 is 1.69. The zero-order valence-corrected chi connectivity index (χ0v) is 15.7. The molecule has 0 aliphatic carbocycles. The third kappa shape index (κ3) is 3.85. The van der Waals surface area contributed by atoms with Crippen LogP contribution in [0.4, 0.5) is 0 Å². The smallest absolute Gasteiger partial charge is 0.230 e. The first-order chi connectivity index (χ1) is 12.1. The van der Waals surface area contributed by atoms with Gasteiger partial charge in [0.05, 0.1) is 19.6 Å². The summed E-state index contributed by atoms with van der Waals surface area (Å²) in [6.45, 7) is 5.42. The Hall–Kier alpha value is -2.33. The third-order valence-electron chi connectivity index (χ3n) is 4.56. The van der Waals surface area contributed by atoms with Gasteiger partial charge in [-0.3, -0.25) is 4.79 Å². The molecule has 4 heteroatoms. The lowest BCUT2D eigenvalue weighted by molar-refractivity contribution is -0.132. The Balaban J connectivity index is 1.81. The standard InChI is InChI=1S/C21H23NO2S/c1-4-22(14-20-6-5-11-25-20)21(23)15(2)16-7-8-18-13-19(24-3)10-9-17(18)12-16/h5-13,15H,4,14H2,1-3H3/t15-/m1/s1. The summed E-state index contributed by atoms with van der Waals surface area (Å²) in [5, 5.41) is 4.29. The van der Waals surface area contributed by atoms with E-state index >= 15 is 0 Å². The third-order valence-corrected chi connectivity index (χ3v) is 5.42. The van der Waals surface area contributed by atoms with Crippen LogP contribution in [-0.4, -0.2) is 24.5 Å². The average molecular weight is 353 g/mol. The molecule has 0 aliphatic rings. The second kappa shape index (κ2) is 7.70. The van der Waals surface area contributed by atoms with Crippen LogP contribution >= 0.6 is 11.3 Å². The summed E-state index contributed by atoms with van der Waals surface area (Å²) in [4.78, 5) is 16.1. The van der Waals surface area contributed by atoms with Crippen LogP contribution in [0.15, 0.2) is 53.9 Å². The maximum Gasteiger partial charge on any atom is 0.230 e. The maximum atomic E-state index is 12.9. The Morgan fingerprint density at radius 1 is 1.16 bits per heavy atom. The molecule has 1 aromatic heterocycles. The minimum Gasteiger partial charge on any atom is -0.497 e. The van der Waals surface area contributed by atoms with E-state index in [1.165, 1.54) is 4.88 Å². The van der Waals surface area contributed by atoms with Gasteiger partial charge >= 0.3 is 0 Å². The summed E-state index contributed by atoms with van der Waals surface area (Å²) in [6, 6.07) is 16.3. The van der Waals surface area contributed by atoms with Crippen molar-refractivity contribution in [3.8, 4) is 5.75 Å². The molecule has 130 valence electrons. The Kier molecular flexibility index (Phi) is 5.39. The van der Waals surface area contributed by atoms with E-state index in [4.69, 9.17) is 4.74 Å². The minimum absolute atomic E-state index is 0.161. The van der Waals surface area contributed by atoms with Gasteiger partial charge in [-0.05, 0) is 53.8 Å². The summed E-state index contributed by atoms with van der Waals surface area (Å²) in [7, 11) is 1.67. The predicted molar refractivity (Wildman–Crippen MR) is 104 cm³/mol. The van der Waals surface area contributed by atoms with E-state index in [0.29, 0.717) is 13.1 Å². The van der Waals surface area contributed by atoms with Gasteiger partial charge in [-0.25, -0.2) is 0 Å². The van der Waals surface area contributed by atoms with Gasteiger partial charge in [0.2, 0.25) is 5.91 Å². The van der Waals surface area contributed by atoms with Gasteiger partial charge in [-0.1, -0.05) is 30.3 Å². The number of hydrogen-bond donors (Lipinski definition) is 0. The van der Waals surface area contributed by atoms with Crippen LogP contribution < -0.4 is 4.74 Å². The lowest BCUT2D eigenvalue weighted by Gasteiger charge is -2.24. The molecule has 0 bridgehead atoms. The average Bonchev–Trinajstić information content (AvgIpc) is 3.17. The van der Waals surface area contributed by atoms with E-state index in [2.05, 4.69) is 23.6 Å². The van der Waals surface area contributed by atoms with Gasteiger partial charge < -0.3 is 9.64 Å². The molecule has 0 saturated carbocycles. The molecular weight excluding hydrogens is 330 g/mol. The first-order valence-electron chi connectivity index (χ1n) is 8.51. The number of amides is 1. The second-order valence-corrected chi connectivity index (χ2v) is 7.16. The fourth-order valence-corrected chi connectivity index (χ4v) is 3.71. The molecule has 1 atom stereocenters. The van der Waals surface area contributed by atoms with Crippen LogP contribution in [-0.2, 0) is 11.3 Å². The van der Waals surface area contributed by atoms with Crippen molar-refractivity contribution < 1.29 is 9.53 Å². The number of thiophene rings is 1. The van der Waals surface area contributed by atoms with E-state index in [-0.39, 0.29) is 11.8 Å². The molecule has 0 unspecified atom stereocenters. The molecule has 3 aromatic rings. The Bertz CT molecular complexity index is 857. The molecule has 0 spiro atoms. The molecule has 25 heavy (non-hydrogen) atoms. The van der Waals surface area contributed by atoms with Crippen molar-refractivity contribution >= 4 is 28.0 Å². The highest BCUT2D eigenvalue weighted by atomic mass is 32.1. The van der Waals surface area contributed by atoms with Gasteiger partial charge in [-0.2, -0.15) is 0 Å². The molecule has 0 radical (unpaired) electrons. The number of methoxy groups -OCH3 is 1. The predicted octanol–water partition coefficient (Wildman–Crippen LogP) is 5.06. The van der Waals surface area contributed by atoms with Crippen molar-refractivity contribution in [2.45, 2.75) is 26.3 Å². The van der Waals surface area contributed by atoms with Gasteiger partial charge in [0, 0.05) is 11.4 Å². The van der Waals surface area contributed by atoms with Crippen molar-refractivity contribution in [1.29, 1.82) is 0 Å². The normalized spacial score (nSPS) is 12.1. The molecular formula is C21H23NO2S. The van der Waals surface area contributed by atoms with E-state index in [1.54, 1.807) is 18.4 Å². The minimum atomic E-state index is -0.161. The van der Waals surface area contributed by atoms with Crippen LogP contribution in [0.1, 0.15) is 30.2 Å². The Labute approximate surface area is 152 Å². The number of carbonyl (C=O) groups is 1. The number of ether oxygens (including phenoxy) is 1. The summed E-state index contributed by atoms with van der Waals surface area (Å²) < 4.78 is 5.27. The number of nitrogens with zero attached hydrogens (tertiary/aromatic N) is 1. The molecule has 0 saturated heterocycles. The highest BCUT2D eigenvalue weighted by Crippen LogP contribution is 2.26. The second-order valence-electron chi connectivity index (χ2n) is 6.13. The SMILES string of the molecule is CCN(Cc1cccs1)C(=O)[C@H](C)c1ccc2cc(OC)ccc2c1. The van der Waals surface area contributed by atoms with Gasteiger partial charge in [0.1, 0.15) is 5.75 Å². The van der Waals surface area contributed by atoms with Crippen molar-refractivity contribution in [1.82, 2.24) is 4.90 Å². The van der Waals surface area contributed by atoms with Crippen LogP contribution in [0.25, 0.3) is 10.8 Å². The molecule has 1 heterocycles. The number of hydrogen-bond acceptors (Lipinski definition) is 3. The van der Waals surface area contributed by atoms with Gasteiger partial charge in [0.15, 0.2) is 0 Å². The topological polar surface area (TPSA) is 29.5 Å². The monoisotopic (exact) mass is 353 g/mol. The number of likely N-dealkylation sites (N-methyl/N-ethyl adjacent to an activating group) is 1. The van der Waals surface area contributed by atoms with E-state index < -0.39 is 0 Å². The number of benzene rings is 2. The van der Waals surface area contributed by atoms with Crippen molar-refractivity contribution in [3.05, 3.63) is 64.4 Å². The summed E-state index contributed by atoms with van der Waals surface area (Å²) in [5.41, 5.74) is 1.05. The van der Waals surface area contributed by atoms with Crippen LogP contribution in [0.3, 0.4) is 0 Å². The number of fused-ring (bicyclic) bond motifs is 1. The number of carbonyl (C=O) groups excluding carboxylic acids is 1. The Morgan fingerprint density at radius 2 is 1.92 bits per heavy atom. The van der Waals surface area contributed by atoms with Crippen molar-refractivity contribution in [3.63, 3.8) is 0 Å². The first-order valence-corrected chi connectivity index (χ1v) is 9.39. The summed E-state index contributed by atoms with van der Waals surface area (Å²) in [6.07, 6.45) is 0. The van der Waals surface area contributed by atoms with Crippen molar-refractivity contribution in [2.75, 3.05) is 13.7 Å². The van der Waals surface area contributed by atoms with E-state index in [0.717, 1.165) is 22.1 Å². The fourth-order valence-electron chi connectivity index (χ4n) is 2.99. The fraction of sp³-hybridized carbons (Fsp3) is 0.286. The quantitative estimate of drug-likeness (QED) is 0.620. The molecule has 3 nitrogen and oxygen atoms in total. The molecule has 1 amide bonds. The van der Waals surface area contributed by atoms with E-state index in [9.17, 15) is 4.79 Å². The number of rotatable bonds is 6. The Morgan fingerprint density at radius 3 is 2.60 bits per heavy atom. The van der Waals surface area contributed by atoms with Crippen LogP contribution in [0, 0.1) is 0 Å². The molecule has 0 fully saturated rings. The lowest BCUT2D eigenvalue weighted by atomic mass is 9.96. The lowest BCUT2D eigenvalue weighted by Crippen LogP contribution is -2.33. The zero-order valence-electron chi connectivity index (χ0n) is 14.9. The molecule has 0 aliphatic heterocycles. The molecule has 2 aromatic carbocycles. The zero-order chi connectivity index (χ0) is 17.8. The largest absolute Gasteiger partial charge is 0.497 e. The maximum absolute atomic E-state index is 12.9. The van der Waals surface area contributed by atoms with Crippen molar-refractivity contribution in [2.24, 2.45) is 0 Å². The highest BCUT2D eigenvalue weighted by Gasteiger charge is 2.21. The van der Waals surface area contributed by atoms with Crippen LogP contribution in [0.5, 0.6) is 5.75 Å². The molecule has 3 rings (SSSR count). The molecule has 0 N–H and O–H groups in total. The highest BCUT2D eigenvalue weighted by molar-refractivity contribution is 7.09. The van der Waals surface area contributed by atoms with Gasteiger partial charge in [-0.15, -0.1) is 11.3 Å². The van der Waals surface area contributed by atoms with Crippen LogP contribution in [0.2, 0.25) is 0 Å². The van der Waals surface area contributed by atoms with Gasteiger partial charge in [0.25, 0.3) is 0 Å². The first kappa shape index (κ1) is 17.5. The van der Waals surface area contributed by atoms with E-state index in [1.807, 2.05) is 49.1 Å².